The predicted molar refractivity (Wildman–Crippen MR) is 94.0 cm³/mol. The number of hydrogen-bond acceptors (Lipinski definition) is 4. The summed E-state index contributed by atoms with van der Waals surface area (Å²) >= 11 is 0. The number of hydrogen-bond donors (Lipinski definition) is 0. The van der Waals surface area contributed by atoms with Gasteiger partial charge < -0.3 is 4.74 Å². The number of carbonyl (C=O) groups excluding carboxylic acids is 3. The van der Waals surface area contributed by atoms with Crippen LogP contribution in [0.1, 0.15) is 41.0 Å². The summed E-state index contributed by atoms with van der Waals surface area (Å²) in [6, 6.07) is 13.6. The lowest BCUT2D eigenvalue weighted by Gasteiger charge is -2.50. The topological polar surface area (TPSA) is 60.4 Å². The largest absolute Gasteiger partial charge is 0.427 e. The Labute approximate surface area is 150 Å². The van der Waals surface area contributed by atoms with Crippen LogP contribution in [0, 0.1) is 11.8 Å². The van der Waals surface area contributed by atoms with E-state index in [1.54, 1.807) is 6.07 Å². The Morgan fingerprint density at radius 1 is 0.808 bits per heavy atom. The second-order valence-electron chi connectivity index (χ2n) is 7.16. The molecule has 4 nitrogen and oxygen atoms in total. The molecule has 0 fully saturated rings. The summed E-state index contributed by atoms with van der Waals surface area (Å²) in [5.74, 6) is -0.931. The van der Waals surface area contributed by atoms with Crippen LogP contribution >= 0.6 is 0 Å². The van der Waals surface area contributed by atoms with Crippen LogP contribution in [0.25, 0.3) is 0 Å². The minimum atomic E-state index is -0.382. The Morgan fingerprint density at radius 3 is 1.92 bits per heavy atom. The van der Waals surface area contributed by atoms with E-state index in [0.717, 1.165) is 22.3 Å². The summed E-state index contributed by atoms with van der Waals surface area (Å²) in [4.78, 5) is 36.7. The Morgan fingerprint density at radius 2 is 1.35 bits per heavy atom. The molecule has 2 bridgehead atoms. The molecule has 2 aromatic rings. The van der Waals surface area contributed by atoms with Crippen molar-refractivity contribution >= 4 is 17.5 Å². The first-order valence-corrected chi connectivity index (χ1v) is 8.73. The van der Waals surface area contributed by atoms with Crippen LogP contribution in [0.4, 0.5) is 0 Å². The lowest BCUT2D eigenvalue weighted by Crippen LogP contribution is -2.47. The molecular weight excluding hydrogens is 328 g/mol. The molecule has 0 aromatic heterocycles. The molecule has 128 valence electrons. The summed E-state index contributed by atoms with van der Waals surface area (Å²) in [6.07, 6.45) is 2.85. The van der Waals surface area contributed by atoms with Crippen LogP contribution in [0.2, 0.25) is 0 Å². The zero-order valence-corrected chi connectivity index (χ0v) is 14.1. The van der Waals surface area contributed by atoms with Crippen molar-refractivity contribution in [3.63, 3.8) is 0 Å². The fourth-order valence-corrected chi connectivity index (χ4v) is 5.00. The SMILES string of the molecule is CC(=O)Oc1ccc2c(c1)[C@H]1c3ccccc3[C@@H]2[C@H]2C(=O)C=CC(=O)[C@@H]12. The highest BCUT2D eigenvalue weighted by molar-refractivity contribution is 6.09. The van der Waals surface area contributed by atoms with Gasteiger partial charge in [0.25, 0.3) is 0 Å². The van der Waals surface area contributed by atoms with E-state index in [1.807, 2.05) is 30.3 Å². The van der Waals surface area contributed by atoms with E-state index in [4.69, 9.17) is 4.74 Å². The van der Waals surface area contributed by atoms with Crippen molar-refractivity contribution in [3.05, 3.63) is 76.9 Å². The van der Waals surface area contributed by atoms with Gasteiger partial charge in [-0.15, -0.1) is 0 Å². The van der Waals surface area contributed by atoms with E-state index in [0.29, 0.717) is 5.75 Å². The maximum Gasteiger partial charge on any atom is 0.308 e. The highest BCUT2D eigenvalue weighted by Crippen LogP contribution is 2.60. The normalized spacial score (nSPS) is 27.6. The number of esters is 1. The molecule has 0 aliphatic heterocycles. The molecule has 26 heavy (non-hydrogen) atoms. The van der Waals surface area contributed by atoms with Gasteiger partial charge in [-0.1, -0.05) is 30.3 Å². The number of benzene rings is 2. The molecule has 4 atom stereocenters. The van der Waals surface area contributed by atoms with Crippen LogP contribution in [0.3, 0.4) is 0 Å². The van der Waals surface area contributed by atoms with Crippen LogP contribution < -0.4 is 4.74 Å². The minimum absolute atomic E-state index is 0.00245. The summed E-state index contributed by atoms with van der Waals surface area (Å²) in [5.41, 5.74) is 4.28. The third-order valence-electron chi connectivity index (χ3n) is 5.83. The zero-order valence-electron chi connectivity index (χ0n) is 14.1. The summed E-state index contributed by atoms with van der Waals surface area (Å²) in [6.45, 7) is 1.37. The van der Waals surface area contributed by atoms with Crippen LogP contribution in [-0.4, -0.2) is 17.5 Å². The number of rotatable bonds is 1. The predicted octanol–water partition coefficient (Wildman–Crippen LogP) is 3.14. The fraction of sp³-hybridized carbons (Fsp3) is 0.227. The molecule has 4 aliphatic rings. The smallest absolute Gasteiger partial charge is 0.308 e. The molecule has 0 spiro atoms. The molecule has 0 saturated carbocycles. The Balaban J connectivity index is 1.77. The van der Waals surface area contributed by atoms with Crippen molar-refractivity contribution in [1.82, 2.24) is 0 Å². The molecular formula is C22H16O4. The highest BCUT2D eigenvalue weighted by Gasteiger charge is 2.55. The lowest BCUT2D eigenvalue weighted by molar-refractivity contribution is -0.132. The van der Waals surface area contributed by atoms with Crippen LogP contribution in [-0.2, 0) is 14.4 Å². The lowest BCUT2D eigenvalue weighted by atomic mass is 9.51. The van der Waals surface area contributed by atoms with Gasteiger partial charge >= 0.3 is 5.97 Å². The standard InChI is InChI=1S/C22H16O4/c1-11(23)26-12-6-7-15-16(10-12)20-14-5-3-2-4-13(14)19(15)21-17(24)8-9-18(25)22(20)21/h2-10,19-22H,1H3/t19-,20+,21+,22-/m0/s1. The number of ether oxygens (including phenoxy) is 1. The first kappa shape index (κ1) is 15.3. The second kappa shape index (κ2) is 5.24. The van der Waals surface area contributed by atoms with E-state index in [2.05, 4.69) is 6.07 Å². The molecule has 0 unspecified atom stereocenters. The van der Waals surface area contributed by atoms with Gasteiger partial charge in [0.15, 0.2) is 11.6 Å². The van der Waals surface area contributed by atoms with E-state index in [1.165, 1.54) is 19.1 Å². The zero-order chi connectivity index (χ0) is 18.0. The van der Waals surface area contributed by atoms with E-state index < -0.39 is 0 Å². The molecule has 4 aliphatic carbocycles. The third kappa shape index (κ3) is 1.93. The van der Waals surface area contributed by atoms with Crippen LogP contribution in [0.5, 0.6) is 5.75 Å². The Kier molecular flexibility index (Phi) is 3.08. The first-order valence-electron chi connectivity index (χ1n) is 8.73. The van der Waals surface area contributed by atoms with Crippen molar-refractivity contribution in [2.45, 2.75) is 18.8 Å². The molecule has 4 heteroatoms. The first-order chi connectivity index (χ1) is 12.6. The van der Waals surface area contributed by atoms with E-state index in [-0.39, 0.29) is 41.2 Å². The van der Waals surface area contributed by atoms with E-state index in [9.17, 15) is 14.4 Å². The number of ketones is 2. The van der Waals surface area contributed by atoms with Crippen molar-refractivity contribution in [1.29, 1.82) is 0 Å². The Hall–Kier alpha value is -3.01. The van der Waals surface area contributed by atoms with Gasteiger partial charge in [0.2, 0.25) is 0 Å². The molecule has 2 aromatic carbocycles. The monoisotopic (exact) mass is 344 g/mol. The third-order valence-corrected chi connectivity index (χ3v) is 5.83. The van der Waals surface area contributed by atoms with Gasteiger partial charge in [0.05, 0.1) is 0 Å². The molecule has 6 rings (SSSR count). The molecule has 0 amide bonds. The summed E-state index contributed by atoms with van der Waals surface area (Å²) in [7, 11) is 0. The quantitative estimate of drug-likeness (QED) is 0.589. The van der Waals surface area contributed by atoms with Gasteiger partial charge in [-0.25, -0.2) is 0 Å². The van der Waals surface area contributed by atoms with Crippen molar-refractivity contribution < 1.29 is 19.1 Å². The number of allylic oxidation sites excluding steroid dienone is 2. The summed E-state index contributed by atoms with van der Waals surface area (Å²) in [5, 5.41) is 0. The maximum absolute atomic E-state index is 12.7. The molecule has 0 radical (unpaired) electrons. The summed E-state index contributed by atoms with van der Waals surface area (Å²) < 4.78 is 5.26. The van der Waals surface area contributed by atoms with Crippen LogP contribution in [0.15, 0.2) is 54.6 Å². The average Bonchev–Trinajstić information content (AvgIpc) is 2.63. The second-order valence-corrected chi connectivity index (χ2v) is 7.16. The maximum atomic E-state index is 12.7. The minimum Gasteiger partial charge on any atom is -0.427 e. The molecule has 0 saturated heterocycles. The highest BCUT2D eigenvalue weighted by atomic mass is 16.5. The number of carbonyl (C=O) groups is 3. The Bertz CT molecular complexity index is 1020. The van der Waals surface area contributed by atoms with E-state index >= 15 is 0 Å². The fourth-order valence-electron chi connectivity index (χ4n) is 5.00. The van der Waals surface area contributed by atoms with Gasteiger partial charge in [-0.05, 0) is 46.5 Å². The van der Waals surface area contributed by atoms with Gasteiger partial charge in [-0.2, -0.15) is 0 Å². The van der Waals surface area contributed by atoms with Gasteiger partial charge in [0.1, 0.15) is 5.75 Å². The van der Waals surface area contributed by atoms with Crippen molar-refractivity contribution in [2.24, 2.45) is 11.8 Å². The van der Waals surface area contributed by atoms with Crippen molar-refractivity contribution in [2.75, 3.05) is 0 Å². The van der Waals surface area contributed by atoms with Crippen molar-refractivity contribution in [3.8, 4) is 5.75 Å². The molecule has 0 heterocycles. The van der Waals surface area contributed by atoms with Gasteiger partial charge in [0, 0.05) is 30.6 Å². The average molecular weight is 344 g/mol. The molecule has 0 N–H and O–H groups in total. The van der Waals surface area contributed by atoms with Gasteiger partial charge in [-0.3, -0.25) is 14.4 Å².